The lowest BCUT2D eigenvalue weighted by atomic mass is 9.66. The Morgan fingerprint density at radius 2 is 1.54 bits per heavy atom. The second-order valence-electron chi connectivity index (χ2n) is 11.4. The molecule has 0 aliphatic carbocycles. The molecular formula is C24H46N4. The van der Waals surface area contributed by atoms with Gasteiger partial charge in [0.25, 0.3) is 0 Å². The third kappa shape index (κ3) is 3.58. The van der Waals surface area contributed by atoms with Crippen LogP contribution in [0.1, 0.15) is 87.0 Å². The fraction of sp³-hybridized carbons (Fsp3) is 0.958. The Labute approximate surface area is 174 Å². The number of hydrogen-bond donors (Lipinski definition) is 1. The van der Waals surface area contributed by atoms with Gasteiger partial charge < -0.3 is 10.6 Å². The first-order valence-electron chi connectivity index (χ1n) is 11.7. The maximum Gasteiger partial charge on any atom is 0.0555 e. The number of nitrogens with zero attached hydrogens (tertiary/aromatic N) is 3. The minimum Gasteiger partial charge on any atom is -0.323 e. The summed E-state index contributed by atoms with van der Waals surface area (Å²) in [6.45, 7) is 19.0. The quantitative estimate of drug-likeness (QED) is 0.725. The highest BCUT2D eigenvalue weighted by Crippen LogP contribution is 2.44. The van der Waals surface area contributed by atoms with Crippen molar-refractivity contribution in [3.63, 3.8) is 0 Å². The lowest BCUT2D eigenvalue weighted by Crippen LogP contribution is -2.73. The highest BCUT2D eigenvalue weighted by molar-refractivity contribution is 5.98. The first-order chi connectivity index (χ1) is 12.9. The lowest BCUT2D eigenvalue weighted by Gasteiger charge is -2.60. The highest BCUT2D eigenvalue weighted by Gasteiger charge is 2.54. The van der Waals surface area contributed by atoms with Gasteiger partial charge in [-0.15, -0.1) is 0 Å². The van der Waals surface area contributed by atoms with E-state index in [1.165, 1.54) is 37.8 Å². The Morgan fingerprint density at radius 3 is 2.21 bits per heavy atom. The van der Waals surface area contributed by atoms with Crippen molar-refractivity contribution in [3.8, 4) is 0 Å². The van der Waals surface area contributed by atoms with Gasteiger partial charge in [0.2, 0.25) is 0 Å². The monoisotopic (exact) mass is 390 g/mol. The zero-order chi connectivity index (χ0) is 20.9. The number of nitrogens with two attached hydrogens (primary N) is 1. The number of fused-ring (bicyclic) bond motifs is 2. The Bertz CT molecular complexity index is 591. The molecule has 3 saturated heterocycles. The summed E-state index contributed by atoms with van der Waals surface area (Å²) < 4.78 is 0. The molecule has 28 heavy (non-hydrogen) atoms. The molecule has 0 amide bonds. The molecule has 3 aliphatic heterocycles. The van der Waals surface area contributed by atoms with Crippen LogP contribution in [0.15, 0.2) is 4.99 Å². The minimum atomic E-state index is -0.0725. The molecule has 0 radical (unpaired) electrons. The molecule has 2 N–H and O–H groups in total. The molecule has 0 aromatic rings. The van der Waals surface area contributed by atoms with Crippen LogP contribution < -0.4 is 5.73 Å². The summed E-state index contributed by atoms with van der Waals surface area (Å²) in [6.07, 6.45) is 7.66. The molecule has 5 unspecified atom stereocenters. The van der Waals surface area contributed by atoms with Crippen molar-refractivity contribution in [3.05, 3.63) is 0 Å². The van der Waals surface area contributed by atoms with Crippen molar-refractivity contribution in [2.24, 2.45) is 22.6 Å². The van der Waals surface area contributed by atoms with Crippen LogP contribution in [0.25, 0.3) is 0 Å². The van der Waals surface area contributed by atoms with Crippen LogP contribution in [-0.2, 0) is 0 Å². The maximum atomic E-state index is 7.04. The van der Waals surface area contributed by atoms with Crippen LogP contribution in [0.2, 0.25) is 0 Å². The summed E-state index contributed by atoms with van der Waals surface area (Å²) in [5, 5.41) is 0. The number of hydrogen-bond acceptors (Lipinski definition) is 4. The van der Waals surface area contributed by atoms with Crippen molar-refractivity contribution >= 4 is 5.71 Å². The number of likely N-dealkylation sites (tertiary alicyclic amines) is 1. The van der Waals surface area contributed by atoms with E-state index in [2.05, 4.69) is 65.3 Å². The summed E-state index contributed by atoms with van der Waals surface area (Å²) in [7, 11) is 2.26. The molecular weight excluding hydrogens is 344 g/mol. The highest BCUT2D eigenvalue weighted by atomic mass is 15.3. The third-order valence-corrected chi connectivity index (χ3v) is 9.04. The lowest BCUT2D eigenvalue weighted by molar-refractivity contribution is -0.0167. The number of aliphatic imine (C=N–C) groups is 1. The van der Waals surface area contributed by atoms with Crippen LogP contribution in [0.3, 0.4) is 0 Å². The van der Waals surface area contributed by atoms with Gasteiger partial charge in [0, 0.05) is 29.4 Å². The minimum absolute atomic E-state index is 0.0725. The van der Waals surface area contributed by atoms with Crippen LogP contribution in [0.4, 0.5) is 0 Å². The van der Waals surface area contributed by atoms with E-state index < -0.39 is 0 Å². The van der Waals surface area contributed by atoms with Gasteiger partial charge in [-0.25, -0.2) is 0 Å². The molecule has 3 heterocycles. The van der Waals surface area contributed by atoms with Gasteiger partial charge in [0.05, 0.1) is 11.6 Å². The van der Waals surface area contributed by atoms with Gasteiger partial charge in [-0.05, 0) is 86.2 Å². The molecule has 4 heteroatoms. The van der Waals surface area contributed by atoms with Gasteiger partial charge >= 0.3 is 0 Å². The van der Waals surface area contributed by atoms with E-state index in [1.54, 1.807) is 0 Å². The van der Waals surface area contributed by atoms with E-state index in [-0.39, 0.29) is 22.7 Å². The Hall–Kier alpha value is -0.450. The van der Waals surface area contributed by atoms with Gasteiger partial charge in [-0.2, -0.15) is 0 Å². The SMILES string of the molecule is CC1C(N=C2C(N)C3CCCCCCN(C2(C)C)C3(C)C)CCN(C)C1(C)C. The standard InChI is InChI=1S/C24H46N4/c1-17-19(14-16-27(8)22(17,2)3)26-21-20(25)18-13-11-9-10-12-15-28(23(18,4)5)24(21,6)7/h17-20H,9-16,25H2,1-8H3. The third-order valence-electron chi connectivity index (χ3n) is 9.04. The second kappa shape index (κ2) is 7.67. The van der Waals surface area contributed by atoms with Crippen LogP contribution in [-0.4, -0.2) is 64.3 Å². The topological polar surface area (TPSA) is 44.9 Å². The van der Waals surface area contributed by atoms with Gasteiger partial charge in [-0.1, -0.05) is 26.2 Å². The number of piperidine rings is 2. The predicted octanol–water partition coefficient (Wildman–Crippen LogP) is 4.33. The Kier molecular flexibility index (Phi) is 6.09. The maximum absolute atomic E-state index is 7.04. The van der Waals surface area contributed by atoms with Crippen molar-refractivity contribution in [2.45, 2.75) is 116 Å². The molecule has 5 atom stereocenters. The molecule has 2 bridgehead atoms. The van der Waals surface area contributed by atoms with Crippen molar-refractivity contribution < 1.29 is 0 Å². The largest absolute Gasteiger partial charge is 0.323 e. The van der Waals surface area contributed by atoms with Gasteiger partial charge in [-0.3, -0.25) is 9.89 Å². The summed E-state index contributed by atoms with van der Waals surface area (Å²) in [5.41, 5.74) is 8.55. The summed E-state index contributed by atoms with van der Waals surface area (Å²) in [4.78, 5) is 10.8. The fourth-order valence-corrected chi connectivity index (χ4v) is 6.47. The average Bonchev–Trinajstić information content (AvgIpc) is 2.65. The molecule has 4 nitrogen and oxygen atoms in total. The van der Waals surface area contributed by atoms with Crippen molar-refractivity contribution in [1.29, 1.82) is 0 Å². The van der Waals surface area contributed by atoms with Gasteiger partial charge in [0.1, 0.15) is 0 Å². The van der Waals surface area contributed by atoms with E-state index >= 15 is 0 Å². The van der Waals surface area contributed by atoms with Crippen LogP contribution >= 0.6 is 0 Å². The first-order valence-corrected chi connectivity index (χ1v) is 11.7. The van der Waals surface area contributed by atoms with Crippen molar-refractivity contribution in [2.75, 3.05) is 20.1 Å². The Morgan fingerprint density at radius 1 is 0.893 bits per heavy atom. The summed E-state index contributed by atoms with van der Waals surface area (Å²) >= 11 is 0. The zero-order valence-electron chi connectivity index (χ0n) is 19.9. The molecule has 3 rings (SSSR count). The predicted molar refractivity (Wildman–Crippen MR) is 121 cm³/mol. The Balaban J connectivity index is 2.01. The summed E-state index contributed by atoms with van der Waals surface area (Å²) in [6, 6.07) is 0.453. The average molecular weight is 391 g/mol. The van der Waals surface area contributed by atoms with Crippen LogP contribution in [0, 0.1) is 11.8 Å². The van der Waals surface area contributed by atoms with E-state index in [0.29, 0.717) is 17.9 Å². The first kappa shape index (κ1) is 22.2. The second-order valence-corrected chi connectivity index (χ2v) is 11.4. The molecule has 0 saturated carbocycles. The fourth-order valence-electron chi connectivity index (χ4n) is 6.47. The molecule has 3 aliphatic rings. The summed E-state index contributed by atoms with van der Waals surface area (Å²) in [5.74, 6) is 1.02. The molecule has 162 valence electrons. The smallest absolute Gasteiger partial charge is 0.0555 e. The van der Waals surface area contributed by atoms with E-state index in [4.69, 9.17) is 10.7 Å². The zero-order valence-corrected chi connectivity index (χ0v) is 19.9. The van der Waals surface area contributed by atoms with E-state index in [0.717, 1.165) is 19.5 Å². The van der Waals surface area contributed by atoms with E-state index in [1.807, 2.05) is 0 Å². The van der Waals surface area contributed by atoms with Crippen molar-refractivity contribution in [1.82, 2.24) is 9.80 Å². The molecule has 3 fully saturated rings. The number of rotatable bonds is 1. The molecule has 0 aromatic heterocycles. The normalized spacial score (nSPS) is 42.5. The molecule has 0 aromatic carbocycles. The van der Waals surface area contributed by atoms with Crippen LogP contribution in [0.5, 0.6) is 0 Å². The van der Waals surface area contributed by atoms with E-state index in [9.17, 15) is 0 Å². The van der Waals surface area contributed by atoms with Gasteiger partial charge in [0.15, 0.2) is 0 Å². The molecule has 0 spiro atoms.